The molecule has 1 aromatic rings. The zero-order chi connectivity index (χ0) is 15.5. The second kappa shape index (κ2) is 10.1. The molecule has 6 heteroatoms. The van der Waals surface area contributed by atoms with Crippen molar-refractivity contribution >= 4 is 17.3 Å². The van der Waals surface area contributed by atoms with Crippen molar-refractivity contribution in [1.82, 2.24) is 0 Å². The minimum Gasteiger partial charge on any atom is -0.397 e. The number of anilines is 2. The molecule has 21 heavy (non-hydrogen) atoms. The number of carbonyl (C=O) groups is 1. The Hall–Kier alpha value is -1.63. The summed E-state index contributed by atoms with van der Waals surface area (Å²) in [4.78, 5) is 11.9. The average Bonchev–Trinajstić information content (AvgIpc) is 2.48. The van der Waals surface area contributed by atoms with Crippen molar-refractivity contribution in [1.29, 1.82) is 0 Å². The molecular formula is C15H24N2O4. The maximum absolute atomic E-state index is 11.9. The first-order valence-electron chi connectivity index (χ1n) is 6.98. The van der Waals surface area contributed by atoms with Crippen LogP contribution in [-0.4, -0.2) is 45.5 Å². The number of nitrogens with one attached hydrogen (secondary N) is 1. The number of methoxy groups -OCH3 is 1. The minimum absolute atomic E-state index is 0.229. The van der Waals surface area contributed by atoms with E-state index in [2.05, 4.69) is 5.32 Å². The largest absolute Gasteiger partial charge is 0.397 e. The number of nitrogens with two attached hydrogens (primary N) is 1. The van der Waals surface area contributed by atoms with E-state index in [0.717, 1.165) is 6.42 Å². The van der Waals surface area contributed by atoms with Gasteiger partial charge in [0.25, 0.3) is 5.91 Å². The highest BCUT2D eigenvalue weighted by Crippen LogP contribution is 2.17. The van der Waals surface area contributed by atoms with Gasteiger partial charge < -0.3 is 25.3 Å². The van der Waals surface area contributed by atoms with Crippen LogP contribution in [0.1, 0.15) is 13.3 Å². The first-order valence-corrected chi connectivity index (χ1v) is 6.98. The second-order valence-electron chi connectivity index (χ2n) is 4.55. The Morgan fingerprint density at radius 2 is 2.00 bits per heavy atom. The molecule has 0 heterocycles. The van der Waals surface area contributed by atoms with E-state index in [-0.39, 0.29) is 5.91 Å². The fourth-order valence-corrected chi connectivity index (χ4v) is 1.61. The molecular weight excluding hydrogens is 272 g/mol. The van der Waals surface area contributed by atoms with Gasteiger partial charge in [-0.05, 0) is 25.5 Å². The Balaban J connectivity index is 2.18. The van der Waals surface area contributed by atoms with Crippen LogP contribution in [0.4, 0.5) is 11.4 Å². The quantitative estimate of drug-likeness (QED) is 0.507. The van der Waals surface area contributed by atoms with Crippen molar-refractivity contribution in [3.05, 3.63) is 24.3 Å². The molecule has 0 saturated heterocycles. The summed E-state index contributed by atoms with van der Waals surface area (Å²) in [5, 5.41) is 2.73. The predicted octanol–water partition coefficient (Wildman–Crippen LogP) is 1.67. The van der Waals surface area contributed by atoms with E-state index < -0.39 is 6.10 Å². The lowest BCUT2D eigenvalue weighted by atomic mass is 10.2. The molecule has 0 radical (unpaired) electrons. The van der Waals surface area contributed by atoms with E-state index in [4.69, 9.17) is 19.9 Å². The van der Waals surface area contributed by atoms with Gasteiger partial charge in [-0.25, -0.2) is 0 Å². The second-order valence-corrected chi connectivity index (χ2v) is 4.55. The summed E-state index contributed by atoms with van der Waals surface area (Å²) < 4.78 is 15.7. The van der Waals surface area contributed by atoms with Gasteiger partial charge in [-0.2, -0.15) is 0 Å². The predicted molar refractivity (Wildman–Crippen MR) is 82.2 cm³/mol. The molecule has 6 nitrogen and oxygen atoms in total. The Labute approximate surface area is 125 Å². The van der Waals surface area contributed by atoms with Gasteiger partial charge in [-0.3, -0.25) is 4.79 Å². The smallest absolute Gasteiger partial charge is 0.253 e. The molecule has 1 rings (SSSR count). The maximum Gasteiger partial charge on any atom is 0.253 e. The fourth-order valence-electron chi connectivity index (χ4n) is 1.61. The Morgan fingerprint density at radius 1 is 1.24 bits per heavy atom. The fraction of sp³-hybridized carbons (Fsp3) is 0.533. The summed E-state index contributed by atoms with van der Waals surface area (Å²) in [6.45, 7) is 3.82. The molecule has 0 aliphatic rings. The molecule has 1 amide bonds. The van der Waals surface area contributed by atoms with E-state index in [1.165, 1.54) is 0 Å². The summed E-state index contributed by atoms with van der Waals surface area (Å²) in [5.41, 5.74) is 6.88. The van der Waals surface area contributed by atoms with Gasteiger partial charge in [0.2, 0.25) is 0 Å². The van der Waals surface area contributed by atoms with Crippen molar-refractivity contribution in [2.24, 2.45) is 0 Å². The van der Waals surface area contributed by atoms with Crippen LogP contribution in [-0.2, 0) is 19.0 Å². The van der Waals surface area contributed by atoms with Crippen molar-refractivity contribution in [3.8, 4) is 0 Å². The van der Waals surface area contributed by atoms with Crippen LogP contribution in [0, 0.1) is 0 Å². The summed E-state index contributed by atoms with van der Waals surface area (Å²) in [6.07, 6.45) is 0.284. The van der Waals surface area contributed by atoms with Crippen LogP contribution in [0.3, 0.4) is 0 Å². The summed E-state index contributed by atoms with van der Waals surface area (Å²) in [7, 11) is 1.66. The lowest BCUT2D eigenvalue weighted by molar-refractivity contribution is -0.127. The van der Waals surface area contributed by atoms with E-state index in [1.807, 2.05) is 12.1 Å². The molecule has 0 aliphatic carbocycles. The number of para-hydroxylation sites is 2. The number of hydrogen-bond acceptors (Lipinski definition) is 5. The van der Waals surface area contributed by atoms with E-state index in [0.29, 0.717) is 37.8 Å². The lowest BCUT2D eigenvalue weighted by Gasteiger charge is -2.14. The van der Waals surface area contributed by atoms with Crippen molar-refractivity contribution in [2.45, 2.75) is 19.4 Å². The zero-order valence-corrected chi connectivity index (χ0v) is 12.6. The first kappa shape index (κ1) is 17.4. The number of carbonyl (C=O) groups excluding carboxylic acids is 1. The van der Waals surface area contributed by atoms with Crippen molar-refractivity contribution in [3.63, 3.8) is 0 Å². The molecule has 1 unspecified atom stereocenters. The number of ether oxygens (including phenoxy) is 3. The Morgan fingerprint density at radius 3 is 2.71 bits per heavy atom. The average molecular weight is 296 g/mol. The summed E-state index contributed by atoms with van der Waals surface area (Å²) in [6, 6.07) is 7.10. The number of benzene rings is 1. The molecule has 118 valence electrons. The molecule has 3 N–H and O–H groups in total. The highest BCUT2D eigenvalue weighted by molar-refractivity contribution is 5.96. The van der Waals surface area contributed by atoms with Crippen molar-refractivity contribution in [2.75, 3.05) is 44.6 Å². The van der Waals surface area contributed by atoms with Gasteiger partial charge in [0, 0.05) is 20.3 Å². The molecule has 0 aromatic heterocycles. The molecule has 0 fully saturated rings. The van der Waals surface area contributed by atoms with Crippen LogP contribution in [0.15, 0.2) is 24.3 Å². The van der Waals surface area contributed by atoms with Gasteiger partial charge >= 0.3 is 0 Å². The zero-order valence-electron chi connectivity index (χ0n) is 12.6. The van der Waals surface area contributed by atoms with Crippen LogP contribution < -0.4 is 11.1 Å². The third-order valence-corrected chi connectivity index (χ3v) is 2.82. The summed E-state index contributed by atoms with van der Waals surface area (Å²) >= 11 is 0. The molecule has 0 spiro atoms. The maximum atomic E-state index is 11.9. The van der Waals surface area contributed by atoms with Crippen LogP contribution in [0.25, 0.3) is 0 Å². The molecule has 1 aromatic carbocycles. The van der Waals surface area contributed by atoms with Gasteiger partial charge in [0.05, 0.1) is 24.6 Å². The Bertz CT molecular complexity index is 426. The standard InChI is InChI=1S/C15H24N2O4/c1-12(21-11-10-20-9-5-8-19-2)15(18)17-14-7-4-3-6-13(14)16/h3-4,6-7,12H,5,8-11,16H2,1-2H3,(H,17,18). The molecule has 0 aliphatic heterocycles. The van der Waals surface area contributed by atoms with E-state index in [9.17, 15) is 4.79 Å². The number of nitrogen functional groups attached to an aromatic ring is 1. The molecule has 0 bridgehead atoms. The number of hydrogen-bond donors (Lipinski definition) is 2. The number of amides is 1. The van der Waals surface area contributed by atoms with E-state index >= 15 is 0 Å². The third-order valence-electron chi connectivity index (χ3n) is 2.82. The SMILES string of the molecule is COCCCOCCOC(C)C(=O)Nc1ccccc1N. The lowest BCUT2D eigenvalue weighted by Crippen LogP contribution is -2.29. The summed E-state index contributed by atoms with van der Waals surface area (Å²) in [5.74, 6) is -0.229. The van der Waals surface area contributed by atoms with E-state index in [1.54, 1.807) is 26.2 Å². The van der Waals surface area contributed by atoms with Gasteiger partial charge in [-0.15, -0.1) is 0 Å². The normalized spacial score (nSPS) is 12.1. The van der Waals surface area contributed by atoms with Crippen LogP contribution in [0.5, 0.6) is 0 Å². The number of rotatable bonds is 10. The topological polar surface area (TPSA) is 82.8 Å². The van der Waals surface area contributed by atoms with Gasteiger partial charge in [-0.1, -0.05) is 12.1 Å². The van der Waals surface area contributed by atoms with Crippen LogP contribution >= 0.6 is 0 Å². The Kier molecular flexibility index (Phi) is 8.42. The highest BCUT2D eigenvalue weighted by Gasteiger charge is 2.14. The van der Waals surface area contributed by atoms with Crippen LogP contribution in [0.2, 0.25) is 0 Å². The molecule has 0 saturated carbocycles. The van der Waals surface area contributed by atoms with Gasteiger partial charge in [0.1, 0.15) is 6.10 Å². The third kappa shape index (κ3) is 7.08. The molecule has 1 atom stereocenters. The minimum atomic E-state index is -0.563. The first-order chi connectivity index (χ1) is 10.1. The highest BCUT2D eigenvalue weighted by atomic mass is 16.5. The monoisotopic (exact) mass is 296 g/mol. The van der Waals surface area contributed by atoms with Gasteiger partial charge in [0.15, 0.2) is 0 Å². The van der Waals surface area contributed by atoms with Crippen molar-refractivity contribution < 1.29 is 19.0 Å².